The molecule has 22 heteroatoms. The van der Waals surface area contributed by atoms with E-state index in [-0.39, 0.29) is 49.5 Å². The van der Waals surface area contributed by atoms with E-state index in [1.54, 1.807) is 6.92 Å². The summed E-state index contributed by atoms with van der Waals surface area (Å²) in [7, 11) is 1.25. The first-order chi connectivity index (χ1) is 29.0. The minimum Gasteiger partial charge on any atom is -0.458 e. The number of aliphatic hydroxyl groups excluding tert-OH is 1. The summed E-state index contributed by atoms with van der Waals surface area (Å²) in [5.41, 5.74) is -0.186. The van der Waals surface area contributed by atoms with Crippen LogP contribution in [-0.4, -0.2) is 136 Å². The molecule has 0 saturated carbocycles. The maximum Gasteiger partial charge on any atom is 0.573 e. The third-order valence-corrected chi connectivity index (χ3v) is 10.8. The van der Waals surface area contributed by atoms with Crippen molar-refractivity contribution in [3.05, 3.63) is 59.7 Å². The Morgan fingerprint density at radius 3 is 2.21 bits per heavy atom. The van der Waals surface area contributed by atoms with Crippen molar-refractivity contribution >= 4 is 47.2 Å². The molecule has 338 valence electrons. The van der Waals surface area contributed by atoms with Gasteiger partial charge in [0, 0.05) is 38.3 Å². The maximum absolute atomic E-state index is 14.6. The number of esters is 1. The van der Waals surface area contributed by atoms with Crippen molar-refractivity contribution in [2.45, 2.75) is 108 Å². The highest BCUT2D eigenvalue weighted by molar-refractivity contribution is 5.98. The Balaban J connectivity index is 1.49. The molecule has 3 heterocycles. The molecule has 5 N–H and O–H groups in total. The van der Waals surface area contributed by atoms with Gasteiger partial charge in [-0.1, -0.05) is 6.92 Å². The number of hydrogen-bond donors (Lipinski definition) is 5. The predicted molar refractivity (Wildman–Crippen MR) is 206 cm³/mol. The summed E-state index contributed by atoms with van der Waals surface area (Å²) in [6.45, 7) is 5.75. The summed E-state index contributed by atoms with van der Waals surface area (Å²) in [5, 5.41) is 20.4. The minimum atomic E-state index is -4.99. The third kappa shape index (κ3) is 11.4. The van der Waals surface area contributed by atoms with Gasteiger partial charge in [0.05, 0.1) is 6.10 Å². The first-order valence-electron chi connectivity index (χ1n) is 19.8. The molecule has 62 heavy (non-hydrogen) atoms. The SMILES string of the molecule is C[C@H]1CC2C(=O)O[C@@H](C)[C@H](NC(=O)[C@H](Cc3cc(F)cc(F)c3)NC(=O)Nc3ccc(OC(F)(F)F)cc3)C(=O)N3CCCC3C(=O)N(C)[C@@H]([C@H](C)O)C(=O)N[C@@H](C)C(=O)N2C1. The topological polar surface area (TPSA) is 216 Å². The van der Waals surface area contributed by atoms with Crippen LogP contribution in [0.3, 0.4) is 0 Å². The number of anilines is 1. The number of nitrogens with one attached hydrogen (secondary N) is 4. The number of likely N-dealkylation sites (N-methyl/N-ethyl adjacent to an activating group) is 1. The van der Waals surface area contributed by atoms with E-state index in [9.17, 15) is 60.6 Å². The summed E-state index contributed by atoms with van der Waals surface area (Å²) in [6, 6.07) is -3.54. The lowest BCUT2D eigenvalue weighted by atomic mass is 10.0. The Hall–Kier alpha value is -6.06. The summed E-state index contributed by atoms with van der Waals surface area (Å²) in [5.74, 6) is -8.21. The molecule has 0 bridgehead atoms. The van der Waals surface area contributed by atoms with Crippen LogP contribution in [0.25, 0.3) is 0 Å². The Morgan fingerprint density at radius 1 is 0.952 bits per heavy atom. The lowest BCUT2D eigenvalue weighted by molar-refractivity contribution is -0.274. The lowest BCUT2D eigenvalue weighted by Gasteiger charge is -2.37. The number of urea groups is 1. The third-order valence-electron chi connectivity index (χ3n) is 10.8. The number of hydrogen-bond acceptors (Lipinski definition) is 10. The molecule has 0 aliphatic carbocycles. The second-order valence-corrected chi connectivity index (χ2v) is 15.7. The molecular formula is C40H48F5N7O10. The van der Waals surface area contributed by atoms with E-state index in [4.69, 9.17) is 4.74 Å². The van der Waals surface area contributed by atoms with Crippen molar-refractivity contribution in [2.75, 3.05) is 25.5 Å². The quantitative estimate of drug-likeness (QED) is 0.192. The number of halogens is 5. The normalized spacial score (nSPS) is 26.2. The fourth-order valence-electron chi connectivity index (χ4n) is 7.88. The average molecular weight is 882 g/mol. The highest BCUT2D eigenvalue weighted by Gasteiger charge is 2.47. The number of nitrogens with zero attached hydrogens (tertiary/aromatic N) is 3. The maximum atomic E-state index is 14.6. The number of cyclic esters (lactones) is 1. The van der Waals surface area contributed by atoms with Crippen LogP contribution in [0, 0.1) is 17.6 Å². The molecule has 0 aromatic heterocycles. The number of carbonyl (C=O) groups is 7. The number of amides is 7. The van der Waals surface area contributed by atoms with Crippen molar-refractivity contribution in [3.8, 4) is 5.75 Å². The van der Waals surface area contributed by atoms with Gasteiger partial charge in [-0.3, -0.25) is 24.0 Å². The zero-order valence-electron chi connectivity index (χ0n) is 34.3. The van der Waals surface area contributed by atoms with Crippen LogP contribution in [0.15, 0.2) is 42.5 Å². The zero-order valence-corrected chi connectivity index (χ0v) is 34.3. The molecule has 3 fully saturated rings. The van der Waals surface area contributed by atoms with Gasteiger partial charge in [0.15, 0.2) is 0 Å². The van der Waals surface area contributed by atoms with Crippen LogP contribution in [0.5, 0.6) is 5.75 Å². The Morgan fingerprint density at radius 2 is 1.60 bits per heavy atom. The molecule has 3 saturated heterocycles. The number of ether oxygens (including phenoxy) is 2. The summed E-state index contributed by atoms with van der Waals surface area (Å²) >= 11 is 0. The number of fused-ring (bicyclic) bond motifs is 2. The van der Waals surface area contributed by atoms with Gasteiger partial charge in [-0.15, -0.1) is 13.2 Å². The van der Waals surface area contributed by atoms with E-state index in [0.29, 0.717) is 6.07 Å². The van der Waals surface area contributed by atoms with E-state index in [1.807, 2.05) is 0 Å². The lowest BCUT2D eigenvalue weighted by Crippen LogP contribution is -2.63. The molecule has 3 aliphatic rings. The van der Waals surface area contributed by atoms with Crippen molar-refractivity contribution in [1.29, 1.82) is 0 Å². The van der Waals surface area contributed by atoms with Crippen molar-refractivity contribution in [1.82, 2.24) is 30.7 Å². The van der Waals surface area contributed by atoms with Crippen LogP contribution in [0.1, 0.15) is 52.5 Å². The predicted octanol–water partition coefficient (Wildman–Crippen LogP) is 1.97. The largest absolute Gasteiger partial charge is 0.573 e. The van der Waals surface area contributed by atoms with Crippen LogP contribution >= 0.6 is 0 Å². The van der Waals surface area contributed by atoms with Gasteiger partial charge in [0.2, 0.25) is 29.5 Å². The second-order valence-electron chi connectivity index (χ2n) is 15.7. The van der Waals surface area contributed by atoms with Gasteiger partial charge in [0.1, 0.15) is 59.7 Å². The highest BCUT2D eigenvalue weighted by atomic mass is 19.4. The molecule has 17 nitrogen and oxygen atoms in total. The van der Waals surface area contributed by atoms with Crippen LogP contribution in [0.4, 0.5) is 32.4 Å². The van der Waals surface area contributed by atoms with Crippen LogP contribution < -0.4 is 26.0 Å². The van der Waals surface area contributed by atoms with E-state index in [1.165, 1.54) is 32.7 Å². The number of benzene rings is 2. The van der Waals surface area contributed by atoms with E-state index in [2.05, 4.69) is 26.0 Å². The summed E-state index contributed by atoms with van der Waals surface area (Å²) < 4.78 is 76.2. The standard InChI is InChI=1S/C40H48F5N7O10/c1-19-13-30-38(59)61-22(4)31(37(58)51-12-6-7-29(51)36(57)50(5)32(21(3)53)34(55)46-20(2)35(56)52(30)18-19)49-33(54)28(16-23-14-24(41)17-25(42)15-23)48-39(60)47-26-8-10-27(11-9-26)62-40(43,44)45/h8-11,14-15,17,19-22,28-32,53H,6-7,12-13,16,18H2,1-5H3,(H,46,55)(H,49,54)(H2,47,48,60)/t19-,20-,21-,22-,28-,29?,30?,31-,32-/m0/s1. The molecule has 2 aromatic rings. The average Bonchev–Trinajstić information content (AvgIpc) is 3.82. The number of carbonyl (C=O) groups excluding carboxylic acids is 7. The Bertz CT molecular complexity index is 2020. The van der Waals surface area contributed by atoms with Crippen molar-refractivity contribution in [2.24, 2.45) is 5.92 Å². The number of aliphatic hydroxyl groups is 1. The monoisotopic (exact) mass is 881 g/mol. The highest BCUT2D eigenvalue weighted by Crippen LogP contribution is 2.28. The molecule has 9 atom stereocenters. The fourth-order valence-corrected chi connectivity index (χ4v) is 7.88. The van der Waals surface area contributed by atoms with E-state index in [0.717, 1.165) is 46.2 Å². The molecule has 2 aromatic carbocycles. The van der Waals surface area contributed by atoms with Crippen molar-refractivity contribution in [3.63, 3.8) is 0 Å². The Kier molecular flexibility index (Phi) is 14.7. The summed E-state index contributed by atoms with van der Waals surface area (Å²) in [4.78, 5) is 101. The molecule has 0 radical (unpaired) electrons. The molecule has 7 amide bonds. The van der Waals surface area contributed by atoms with Gasteiger partial charge < -0.3 is 50.5 Å². The van der Waals surface area contributed by atoms with Gasteiger partial charge in [-0.2, -0.15) is 0 Å². The van der Waals surface area contributed by atoms with Gasteiger partial charge in [-0.05, 0) is 87.9 Å². The number of rotatable bonds is 8. The van der Waals surface area contributed by atoms with Gasteiger partial charge in [0.25, 0.3) is 0 Å². The number of alkyl halides is 3. The van der Waals surface area contributed by atoms with Gasteiger partial charge >= 0.3 is 18.4 Å². The summed E-state index contributed by atoms with van der Waals surface area (Å²) in [6.07, 6.45) is -8.05. The molecule has 0 spiro atoms. The molecule has 5 rings (SSSR count). The van der Waals surface area contributed by atoms with Crippen molar-refractivity contribution < 1.29 is 70.1 Å². The minimum absolute atomic E-state index is 0.0411. The Labute approximate surface area is 352 Å². The smallest absolute Gasteiger partial charge is 0.458 e. The first-order valence-corrected chi connectivity index (χ1v) is 19.8. The fraction of sp³-hybridized carbons (Fsp3) is 0.525. The van der Waals surface area contributed by atoms with Gasteiger partial charge in [-0.25, -0.2) is 18.4 Å². The van der Waals surface area contributed by atoms with Crippen LogP contribution in [-0.2, 0) is 39.9 Å². The van der Waals surface area contributed by atoms with E-state index >= 15 is 0 Å². The molecule has 3 aliphatic heterocycles. The zero-order chi connectivity index (χ0) is 45.8. The van der Waals surface area contributed by atoms with Crippen LogP contribution in [0.2, 0.25) is 0 Å². The van der Waals surface area contributed by atoms with E-state index < -0.39 is 120 Å². The first kappa shape index (κ1) is 47.0. The second kappa shape index (κ2) is 19.3. The molecule has 2 unspecified atom stereocenters. The molecular weight excluding hydrogens is 833 g/mol.